The van der Waals surface area contributed by atoms with Gasteiger partial charge in [0.05, 0.1) is 18.7 Å². The number of anilines is 1. The Morgan fingerprint density at radius 1 is 1.44 bits per heavy atom. The second-order valence-electron chi connectivity index (χ2n) is 4.89. The zero-order valence-electron chi connectivity index (χ0n) is 11.2. The number of rotatable bonds is 3. The molecule has 1 amide bonds. The van der Waals surface area contributed by atoms with Crippen LogP contribution in [0.3, 0.4) is 0 Å². The Morgan fingerprint density at radius 2 is 2.22 bits per heavy atom. The summed E-state index contributed by atoms with van der Waals surface area (Å²) in [6.07, 6.45) is 0.435. The van der Waals surface area contributed by atoms with E-state index >= 15 is 0 Å². The minimum atomic E-state index is 0.0997. The molecule has 0 fully saturated rings. The largest absolute Gasteiger partial charge is 0.491 e. The third-order valence-corrected chi connectivity index (χ3v) is 3.05. The molecule has 1 heterocycles. The Morgan fingerprint density at radius 3 is 2.94 bits per heavy atom. The molecule has 0 saturated heterocycles. The van der Waals surface area contributed by atoms with E-state index in [1.54, 1.807) is 11.9 Å². The molecular weight excluding hydrogens is 228 g/mol. The fourth-order valence-electron chi connectivity index (χ4n) is 1.93. The van der Waals surface area contributed by atoms with Gasteiger partial charge in [-0.1, -0.05) is 19.9 Å². The molecule has 1 aliphatic rings. The van der Waals surface area contributed by atoms with E-state index in [0.29, 0.717) is 19.1 Å². The molecule has 2 rings (SSSR count). The zero-order chi connectivity index (χ0) is 13.1. The molecule has 0 saturated carbocycles. The number of hydrogen-bond acceptors (Lipinski definition) is 3. The number of ether oxygens (including phenoxy) is 1. The molecule has 0 radical (unpaired) electrons. The highest BCUT2D eigenvalue weighted by atomic mass is 16.5. The highest BCUT2D eigenvalue weighted by molar-refractivity contribution is 5.95. The van der Waals surface area contributed by atoms with Gasteiger partial charge in [0.25, 0.3) is 0 Å². The van der Waals surface area contributed by atoms with E-state index in [-0.39, 0.29) is 5.91 Å². The second kappa shape index (κ2) is 5.40. The molecule has 98 valence electrons. The molecule has 4 heteroatoms. The summed E-state index contributed by atoms with van der Waals surface area (Å²) < 4.78 is 5.59. The summed E-state index contributed by atoms with van der Waals surface area (Å²) in [6, 6.07) is 6.45. The van der Waals surface area contributed by atoms with Gasteiger partial charge in [0.15, 0.2) is 0 Å². The van der Waals surface area contributed by atoms with Crippen LogP contribution in [0, 0.1) is 0 Å². The van der Waals surface area contributed by atoms with Crippen molar-refractivity contribution in [3.8, 4) is 5.75 Å². The van der Waals surface area contributed by atoms with E-state index in [1.807, 2.05) is 18.2 Å². The minimum Gasteiger partial charge on any atom is -0.491 e. The van der Waals surface area contributed by atoms with Gasteiger partial charge < -0.3 is 15.0 Å². The zero-order valence-corrected chi connectivity index (χ0v) is 11.2. The lowest BCUT2D eigenvalue weighted by atomic mass is 10.1. The smallest absolute Gasteiger partial charge is 0.230 e. The Labute approximate surface area is 108 Å². The van der Waals surface area contributed by atoms with Gasteiger partial charge in [0.1, 0.15) is 5.75 Å². The predicted octanol–water partition coefficient (Wildman–Crippen LogP) is 1.93. The van der Waals surface area contributed by atoms with Gasteiger partial charge in [-0.2, -0.15) is 0 Å². The van der Waals surface area contributed by atoms with Crippen LogP contribution < -0.4 is 15.0 Å². The number of carbonyl (C=O) groups is 1. The van der Waals surface area contributed by atoms with Crippen molar-refractivity contribution >= 4 is 11.6 Å². The van der Waals surface area contributed by atoms with Crippen molar-refractivity contribution in [1.82, 2.24) is 5.32 Å². The molecule has 4 nitrogen and oxygen atoms in total. The molecule has 1 aromatic carbocycles. The summed E-state index contributed by atoms with van der Waals surface area (Å²) in [5.41, 5.74) is 2.02. The summed E-state index contributed by atoms with van der Waals surface area (Å²) >= 11 is 0. The topological polar surface area (TPSA) is 41.6 Å². The molecule has 0 unspecified atom stereocenters. The first-order chi connectivity index (χ1) is 8.58. The van der Waals surface area contributed by atoms with Gasteiger partial charge >= 0.3 is 0 Å². The molecule has 0 atom stereocenters. The number of amides is 1. The van der Waals surface area contributed by atoms with Crippen LogP contribution in [0.1, 0.15) is 25.8 Å². The number of benzene rings is 1. The molecule has 0 spiro atoms. The normalized spacial score (nSPS) is 15.3. The van der Waals surface area contributed by atoms with Crippen molar-refractivity contribution in [1.29, 1.82) is 0 Å². The Kier molecular flexibility index (Phi) is 3.87. The van der Waals surface area contributed by atoms with Crippen LogP contribution in [-0.2, 0) is 11.3 Å². The average molecular weight is 248 g/mol. The molecule has 0 aliphatic carbocycles. The van der Waals surface area contributed by atoms with Crippen molar-refractivity contribution in [2.24, 2.45) is 0 Å². The Hall–Kier alpha value is -1.55. The maximum Gasteiger partial charge on any atom is 0.230 e. The van der Waals surface area contributed by atoms with Crippen molar-refractivity contribution in [3.05, 3.63) is 23.8 Å². The van der Waals surface area contributed by atoms with E-state index in [9.17, 15) is 4.79 Å². The maximum atomic E-state index is 11.8. The lowest BCUT2D eigenvalue weighted by Crippen LogP contribution is -2.25. The molecule has 0 aromatic heterocycles. The fourth-order valence-corrected chi connectivity index (χ4v) is 1.93. The fraction of sp³-hybridized carbons (Fsp3) is 0.500. The Bertz CT molecular complexity index is 443. The van der Waals surface area contributed by atoms with Crippen LogP contribution in [0.15, 0.2) is 18.2 Å². The van der Waals surface area contributed by atoms with E-state index in [0.717, 1.165) is 23.5 Å². The van der Waals surface area contributed by atoms with Gasteiger partial charge in [-0.15, -0.1) is 0 Å². The summed E-state index contributed by atoms with van der Waals surface area (Å²) in [5, 5.41) is 3.37. The number of nitrogens with one attached hydrogen (secondary N) is 1. The molecule has 1 aliphatic heterocycles. The summed E-state index contributed by atoms with van der Waals surface area (Å²) in [6.45, 7) is 5.48. The van der Waals surface area contributed by atoms with Gasteiger partial charge in [-0.3, -0.25) is 4.79 Å². The van der Waals surface area contributed by atoms with E-state index < -0.39 is 0 Å². The lowest BCUT2D eigenvalue weighted by molar-refractivity contribution is -0.118. The second-order valence-corrected chi connectivity index (χ2v) is 4.89. The molecule has 0 bridgehead atoms. The highest BCUT2D eigenvalue weighted by Gasteiger charge is 2.19. The average Bonchev–Trinajstić information content (AvgIpc) is 2.48. The SMILES string of the molecule is CC(C)NCc1ccc2c(c1)N(C)C(=O)CCO2. The number of nitrogens with zero attached hydrogens (tertiary/aromatic N) is 1. The van der Waals surface area contributed by atoms with Crippen LogP contribution in [0.2, 0.25) is 0 Å². The first-order valence-corrected chi connectivity index (χ1v) is 6.33. The third-order valence-electron chi connectivity index (χ3n) is 3.05. The molecule has 18 heavy (non-hydrogen) atoms. The monoisotopic (exact) mass is 248 g/mol. The molecule has 1 aromatic rings. The van der Waals surface area contributed by atoms with Crippen LogP contribution in [-0.4, -0.2) is 25.6 Å². The number of fused-ring (bicyclic) bond motifs is 1. The predicted molar refractivity (Wildman–Crippen MR) is 71.9 cm³/mol. The van der Waals surface area contributed by atoms with Crippen molar-refractivity contribution in [2.45, 2.75) is 32.9 Å². The maximum absolute atomic E-state index is 11.8. The van der Waals surface area contributed by atoms with Crippen LogP contribution in [0.5, 0.6) is 5.75 Å². The van der Waals surface area contributed by atoms with E-state index in [4.69, 9.17) is 4.74 Å². The van der Waals surface area contributed by atoms with E-state index in [1.165, 1.54) is 0 Å². The van der Waals surface area contributed by atoms with E-state index in [2.05, 4.69) is 19.2 Å². The Balaban J connectivity index is 2.23. The highest BCUT2D eigenvalue weighted by Crippen LogP contribution is 2.31. The van der Waals surface area contributed by atoms with Gasteiger partial charge in [-0.25, -0.2) is 0 Å². The molecular formula is C14H20N2O2. The van der Waals surface area contributed by atoms with Crippen LogP contribution in [0.25, 0.3) is 0 Å². The summed E-state index contributed by atoms with van der Waals surface area (Å²) in [5.74, 6) is 0.888. The van der Waals surface area contributed by atoms with Crippen LogP contribution >= 0.6 is 0 Å². The first-order valence-electron chi connectivity index (χ1n) is 6.33. The molecule has 1 N–H and O–H groups in total. The lowest BCUT2D eigenvalue weighted by Gasteiger charge is -2.18. The standard InChI is InChI=1S/C14H20N2O2/c1-10(2)15-9-11-4-5-13-12(8-11)16(3)14(17)6-7-18-13/h4-5,8,10,15H,6-7,9H2,1-3H3. The summed E-state index contributed by atoms with van der Waals surface area (Å²) in [4.78, 5) is 13.5. The third kappa shape index (κ3) is 2.82. The van der Waals surface area contributed by atoms with Gasteiger partial charge in [0, 0.05) is 19.6 Å². The van der Waals surface area contributed by atoms with Gasteiger partial charge in [-0.05, 0) is 17.7 Å². The number of carbonyl (C=O) groups excluding carboxylic acids is 1. The van der Waals surface area contributed by atoms with Crippen molar-refractivity contribution < 1.29 is 9.53 Å². The van der Waals surface area contributed by atoms with Crippen LogP contribution in [0.4, 0.5) is 5.69 Å². The first kappa shape index (κ1) is 12.9. The number of hydrogen-bond donors (Lipinski definition) is 1. The van der Waals surface area contributed by atoms with Crippen molar-refractivity contribution in [2.75, 3.05) is 18.6 Å². The quantitative estimate of drug-likeness (QED) is 0.888. The summed E-state index contributed by atoms with van der Waals surface area (Å²) in [7, 11) is 1.80. The minimum absolute atomic E-state index is 0.0997. The van der Waals surface area contributed by atoms with Gasteiger partial charge in [0.2, 0.25) is 5.91 Å². The van der Waals surface area contributed by atoms with Crippen molar-refractivity contribution in [3.63, 3.8) is 0 Å².